The normalized spacial score (nSPS) is 13.8. The van der Waals surface area contributed by atoms with E-state index in [4.69, 9.17) is 0 Å². The van der Waals surface area contributed by atoms with Crippen LogP contribution in [0.25, 0.3) is 0 Å². The van der Waals surface area contributed by atoms with E-state index in [0.29, 0.717) is 6.54 Å². The predicted molar refractivity (Wildman–Crippen MR) is 84.2 cm³/mol. The average Bonchev–Trinajstić information content (AvgIpc) is 2.39. The fourth-order valence-corrected chi connectivity index (χ4v) is 2.27. The van der Waals surface area contributed by atoms with Gasteiger partial charge in [-0.2, -0.15) is 0 Å². The van der Waals surface area contributed by atoms with Gasteiger partial charge in [0.25, 0.3) is 0 Å². The van der Waals surface area contributed by atoms with Crippen LogP contribution in [-0.4, -0.2) is 33.8 Å². The van der Waals surface area contributed by atoms with Gasteiger partial charge >= 0.3 is 0 Å². The Morgan fingerprint density at radius 3 is 2.30 bits per heavy atom. The van der Waals surface area contributed by atoms with Crippen molar-refractivity contribution in [2.45, 2.75) is 59.0 Å². The third-order valence-electron chi connectivity index (χ3n) is 3.21. The van der Waals surface area contributed by atoms with E-state index in [-0.39, 0.29) is 0 Å². The summed E-state index contributed by atoms with van der Waals surface area (Å²) in [6, 6.07) is 0. The van der Waals surface area contributed by atoms with Crippen LogP contribution in [0.3, 0.4) is 0 Å². The van der Waals surface area contributed by atoms with Crippen LogP contribution in [0.1, 0.15) is 52.5 Å². The Kier molecular flexibility index (Phi) is 6.71. The fraction of sp³-hybridized carbons (Fsp3) is 0.733. The van der Waals surface area contributed by atoms with Gasteiger partial charge in [0.1, 0.15) is 18.0 Å². The molecule has 0 aliphatic carbocycles. The molecule has 0 aliphatic rings. The first-order valence-electron chi connectivity index (χ1n) is 7.58. The Bertz CT molecular complexity index is 407. The lowest BCUT2D eigenvalue weighted by Gasteiger charge is -2.24. The Morgan fingerprint density at radius 1 is 1.10 bits per heavy atom. The average molecular weight is 280 g/mol. The van der Waals surface area contributed by atoms with Crippen LogP contribution in [0.2, 0.25) is 0 Å². The predicted octanol–water partition coefficient (Wildman–Crippen LogP) is 2.82. The molecular weight excluding hydrogens is 252 g/mol. The summed E-state index contributed by atoms with van der Waals surface area (Å²) in [5.41, 5.74) is 0.394. The van der Waals surface area contributed by atoms with Crippen molar-refractivity contribution in [2.75, 3.05) is 23.7 Å². The van der Waals surface area contributed by atoms with E-state index in [2.05, 4.69) is 41.4 Å². The maximum atomic E-state index is 10.2. The van der Waals surface area contributed by atoms with E-state index in [1.54, 1.807) is 6.33 Å². The second-order valence-electron chi connectivity index (χ2n) is 5.43. The van der Waals surface area contributed by atoms with Gasteiger partial charge in [-0.05, 0) is 26.7 Å². The number of aromatic nitrogens is 2. The standard InChI is InChI=1S/C15H28N4O/c1-5-8-12-13(16-7-3)18-11-19-14(12)17-10-15(4,20)9-6-2/h11,20H,5-10H2,1-4H3,(H2,16,17,18,19). The molecular formula is C15H28N4O. The topological polar surface area (TPSA) is 70.1 Å². The van der Waals surface area contributed by atoms with E-state index in [1.165, 1.54) is 0 Å². The van der Waals surface area contributed by atoms with Crippen LogP contribution in [0.4, 0.5) is 11.6 Å². The lowest BCUT2D eigenvalue weighted by atomic mass is 10.0. The number of anilines is 2. The second-order valence-corrected chi connectivity index (χ2v) is 5.43. The van der Waals surface area contributed by atoms with Gasteiger partial charge in [0.05, 0.1) is 5.60 Å². The first-order chi connectivity index (χ1) is 9.54. The Hall–Kier alpha value is -1.36. The molecule has 20 heavy (non-hydrogen) atoms. The molecule has 1 aromatic heterocycles. The highest BCUT2D eigenvalue weighted by molar-refractivity contribution is 5.57. The molecule has 1 atom stereocenters. The molecule has 0 fully saturated rings. The quantitative estimate of drug-likeness (QED) is 0.649. The third kappa shape index (κ3) is 4.96. The highest BCUT2D eigenvalue weighted by Gasteiger charge is 2.20. The second kappa shape index (κ2) is 8.04. The number of rotatable bonds is 9. The molecule has 0 saturated heterocycles. The summed E-state index contributed by atoms with van der Waals surface area (Å²) in [5, 5.41) is 16.8. The van der Waals surface area contributed by atoms with Crippen molar-refractivity contribution >= 4 is 11.6 Å². The molecule has 0 aliphatic heterocycles. The van der Waals surface area contributed by atoms with Gasteiger partial charge in [-0.25, -0.2) is 9.97 Å². The van der Waals surface area contributed by atoms with Crippen molar-refractivity contribution in [1.29, 1.82) is 0 Å². The minimum absolute atomic E-state index is 0.500. The zero-order valence-corrected chi connectivity index (χ0v) is 13.2. The van der Waals surface area contributed by atoms with E-state index in [1.807, 2.05) is 6.92 Å². The highest BCUT2D eigenvalue weighted by Crippen LogP contribution is 2.22. The molecule has 1 aromatic rings. The fourth-order valence-electron chi connectivity index (χ4n) is 2.27. The minimum Gasteiger partial charge on any atom is -0.388 e. The van der Waals surface area contributed by atoms with Crippen molar-refractivity contribution in [3.63, 3.8) is 0 Å². The first kappa shape index (κ1) is 16.7. The monoisotopic (exact) mass is 280 g/mol. The summed E-state index contributed by atoms with van der Waals surface area (Å²) in [6.45, 7) is 9.46. The molecule has 114 valence electrons. The summed E-state index contributed by atoms with van der Waals surface area (Å²) in [7, 11) is 0. The largest absolute Gasteiger partial charge is 0.388 e. The maximum Gasteiger partial charge on any atom is 0.134 e. The van der Waals surface area contributed by atoms with E-state index < -0.39 is 5.60 Å². The molecule has 0 spiro atoms. The van der Waals surface area contributed by atoms with Crippen molar-refractivity contribution in [3.8, 4) is 0 Å². The highest BCUT2D eigenvalue weighted by atomic mass is 16.3. The van der Waals surface area contributed by atoms with Gasteiger partial charge in [-0.15, -0.1) is 0 Å². The molecule has 5 nitrogen and oxygen atoms in total. The lowest BCUT2D eigenvalue weighted by Crippen LogP contribution is -2.33. The molecule has 0 aromatic carbocycles. The zero-order valence-electron chi connectivity index (χ0n) is 13.2. The van der Waals surface area contributed by atoms with Gasteiger partial charge in [0.2, 0.25) is 0 Å². The number of hydrogen-bond acceptors (Lipinski definition) is 5. The van der Waals surface area contributed by atoms with Crippen LogP contribution < -0.4 is 10.6 Å². The van der Waals surface area contributed by atoms with E-state index >= 15 is 0 Å². The number of aliphatic hydroxyl groups is 1. The van der Waals surface area contributed by atoms with Crippen LogP contribution >= 0.6 is 0 Å². The third-order valence-corrected chi connectivity index (χ3v) is 3.21. The summed E-state index contributed by atoms with van der Waals surface area (Å²) in [6.07, 6.45) is 5.25. The van der Waals surface area contributed by atoms with Crippen LogP contribution in [-0.2, 0) is 6.42 Å². The van der Waals surface area contributed by atoms with Crippen LogP contribution in [0, 0.1) is 0 Å². The summed E-state index contributed by atoms with van der Waals surface area (Å²) < 4.78 is 0. The molecule has 5 heteroatoms. The maximum absolute atomic E-state index is 10.2. The Labute approximate surface area is 122 Å². The first-order valence-corrected chi connectivity index (χ1v) is 7.58. The number of hydrogen-bond donors (Lipinski definition) is 3. The van der Waals surface area contributed by atoms with Crippen molar-refractivity contribution < 1.29 is 5.11 Å². The van der Waals surface area contributed by atoms with Crippen LogP contribution in [0.15, 0.2) is 6.33 Å². The van der Waals surface area contributed by atoms with Crippen LogP contribution in [0.5, 0.6) is 0 Å². The van der Waals surface area contributed by atoms with Crippen molar-refractivity contribution in [3.05, 3.63) is 11.9 Å². The smallest absolute Gasteiger partial charge is 0.134 e. The van der Waals surface area contributed by atoms with Gasteiger partial charge in [-0.3, -0.25) is 0 Å². The number of nitrogens with one attached hydrogen (secondary N) is 2. The lowest BCUT2D eigenvalue weighted by molar-refractivity contribution is 0.0636. The Balaban J connectivity index is 2.85. The molecule has 1 unspecified atom stereocenters. The molecule has 1 rings (SSSR count). The molecule has 0 amide bonds. The summed E-state index contributed by atoms with van der Waals surface area (Å²) in [4.78, 5) is 8.63. The minimum atomic E-state index is -0.707. The van der Waals surface area contributed by atoms with Crippen molar-refractivity contribution in [2.24, 2.45) is 0 Å². The van der Waals surface area contributed by atoms with Gasteiger partial charge < -0.3 is 15.7 Å². The molecule has 0 saturated carbocycles. The Morgan fingerprint density at radius 2 is 1.75 bits per heavy atom. The summed E-state index contributed by atoms with van der Waals surface area (Å²) >= 11 is 0. The van der Waals surface area contributed by atoms with Crippen molar-refractivity contribution in [1.82, 2.24) is 9.97 Å². The molecule has 3 N–H and O–H groups in total. The molecule has 0 radical (unpaired) electrons. The van der Waals surface area contributed by atoms with E-state index in [0.717, 1.165) is 49.4 Å². The van der Waals surface area contributed by atoms with E-state index in [9.17, 15) is 5.11 Å². The summed E-state index contributed by atoms with van der Waals surface area (Å²) in [5.74, 6) is 1.72. The van der Waals surface area contributed by atoms with Gasteiger partial charge in [-0.1, -0.05) is 26.7 Å². The zero-order chi connectivity index (χ0) is 15.0. The van der Waals surface area contributed by atoms with Gasteiger partial charge in [0.15, 0.2) is 0 Å². The molecule has 1 heterocycles. The number of nitrogens with zero attached hydrogens (tertiary/aromatic N) is 2. The van der Waals surface area contributed by atoms with Gasteiger partial charge in [0, 0.05) is 18.7 Å². The molecule has 0 bridgehead atoms. The SMILES string of the molecule is CCCc1c(NCC)ncnc1NCC(C)(O)CCC.